The Labute approximate surface area is 133 Å². The van der Waals surface area contributed by atoms with Gasteiger partial charge in [-0.05, 0) is 43.1 Å². The fraction of sp³-hybridized carbons (Fsp3) is 0.625. The van der Waals surface area contributed by atoms with E-state index in [1.807, 2.05) is 12.1 Å². The Morgan fingerprint density at radius 1 is 1.19 bits per heavy atom. The summed E-state index contributed by atoms with van der Waals surface area (Å²) in [5.74, 6) is 1.65. The van der Waals surface area contributed by atoms with Crippen LogP contribution in [0.3, 0.4) is 0 Å². The summed E-state index contributed by atoms with van der Waals surface area (Å²) in [5, 5.41) is 3.61. The minimum atomic E-state index is -3.10. The molecule has 0 aromatic heterocycles. The van der Waals surface area contributed by atoms with Gasteiger partial charge in [0.15, 0.2) is 9.84 Å². The van der Waals surface area contributed by atoms with E-state index in [0.29, 0.717) is 16.9 Å². The van der Waals surface area contributed by atoms with Crippen LogP contribution in [0.1, 0.15) is 33.6 Å². The molecule has 1 N–H and O–H groups in total. The molecule has 120 valence electrons. The molecule has 0 saturated carbocycles. The summed E-state index contributed by atoms with van der Waals surface area (Å²) in [6.07, 6.45) is 3.54. The molecule has 2 atom stereocenters. The standard InChI is InChI=1S/C16H27NO2S2/c1-5-11-17-16(13(3)6-2)12-20-14-7-9-15(10-8-14)21(4,18)19/h7-10,13,16-17H,5-6,11-12H2,1-4H3. The average Bonchev–Trinajstić information content (AvgIpc) is 2.46. The predicted octanol–water partition coefficient (Wildman–Crippen LogP) is 3.60. The van der Waals surface area contributed by atoms with E-state index in [1.165, 1.54) is 6.26 Å². The molecule has 0 aliphatic heterocycles. The van der Waals surface area contributed by atoms with Crippen molar-refractivity contribution in [3.8, 4) is 0 Å². The lowest BCUT2D eigenvalue weighted by atomic mass is 10.0. The van der Waals surface area contributed by atoms with Crippen LogP contribution in [-0.4, -0.2) is 33.0 Å². The summed E-state index contributed by atoms with van der Waals surface area (Å²) in [6.45, 7) is 7.72. The highest BCUT2D eigenvalue weighted by Gasteiger charge is 2.15. The lowest BCUT2D eigenvalue weighted by Gasteiger charge is -2.24. The maximum absolute atomic E-state index is 11.4. The third kappa shape index (κ3) is 6.41. The van der Waals surface area contributed by atoms with Crippen LogP contribution in [0.2, 0.25) is 0 Å². The van der Waals surface area contributed by atoms with Gasteiger partial charge < -0.3 is 5.32 Å². The number of benzene rings is 1. The molecule has 0 fully saturated rings. The molecular formula is C16H27NO2S2. The molecule has 0 spiro atoms. The van der Waals surface area contributed by atoms with Gasteiger partial charge in [0.2, 0.25) is 0 Å². The SMILES string of the molecule is CCCNC(CSc1ccc(S(C)(=O)=O)cc1)C(C)CC. The number of hydrogen-bond acceptors (Lipinski definition) is 4. The van der Waals surface area contributed by atoms with E-state index in [4.69, 9.17) is 0 Å². The number of nitrogens with one attached hydrogen (secondary N) is 1. The largest absolute Gasteiger partial charge is 0.313 e. The monoisotopic (exact) mass is 329 g/mol. The Morgan fingerprint density at radius 3 is 2.29 bits per heavy atom. The van der Waals surface area contributed by atoms with Gasteiger partial charge in [-0.25, -0.2) is 8.42 Å². The van der Waals surface area contributed by atoms with Crippen molar-refractivity contribution < 1.29 is 8.42 Å². The van der Waals surface area contributed by atoms with E-state index in [-0.39, 0.29) is 0 Å². The van der Waals surface area contributed by atoms with Crippen LogP contribution in [0.15, 0.2) is 34.1 Å². The first-order valence-corrected chi connectivity index (χ1v) is 10.4. The number of rotatable bonds is 9. The molecule has 21 heavy (non-hydrogen) atoms. The summed E-state index contributed by atoms with van der Waals surface area (Å²) in [6, 6.07) is 7.67. The molecule has 0 radical (unpaired) electrons. The molecule has 2 unspecified atom stereocenters. The first-order chi connectivity index (χ1) is 9.88. The Kier molecular flexibility index (Phi) is 7.77. The van der Waals surface area contributed by atoms with Crippen molar-refractivity contribution in [3.63, 3.8) is 0 Å². The fourth-order valence-corrected chi connectivity index (χ4v) is 3.79. The molecular weight excluding hydrogens is 302 g/mol. The van der Waals surface area contributed by atoms with Crippen LogP contribution in [0.5, 0.6) is 0 Å². The van der Waals surface area contributed by atoms with Gasteiger partial charge in [-0.15, -0.1) is 11.8 Å². The van der Waals surface area contributed by atoms with Gasteiger partial charge in [0, 0.05) is 22.9 Å². The second-order valence-electron chi connectivity index (χ2n) is 5.50. The fourth-order valence-electron chi connectivity index (χ4n) is 2.01. The molecule has 5 heteroatoms. The van der Waals surface area contributed by atoms with E-state index in [0.717, 1.165) is 30.0 Å². The lowest BCUT2D eigenvalue weighted by molar-refractivity contribution is 0.397. The zero-order chi connectivity index (χ0) is 15.9. The quantitative estimate of drug-likeness (QED) is 0.703. The lowest BCUT2D eigenvalue weighted by Crippen LogP contribution is -2.37. The van der Waals surface area contributed by atoms with Gasteiger partial charge in [-0.1, -0.05) is 27.2 Å². The van der Waals surface area contributed by atoms with E-state index < -0.39 is 9.84 Å². The summed E-state index contributed by atoms with van der Waals surface area (Å²) >= 11 is 1.78. The van der Waals surface area contributed by atoms with Crippen LogP contribution < -0.4 is 5.32 Å². The van der Waals surface area contributed by atoms with E-state index in [1.54, 1.807) is 23.9 Å². The van der Waals surface area contributed by atoms with Crippen molar-refractivity contribution in [2.75, 3.05) is 18.6 Å². The maximum atomic E-state index is 11.4. The van der Waals surface area contributed by atoms with Gasteiger partial charge in [0.25, 0.3) is 0 Å². The first-order valence-electron chi connectivity index (χ1n) is 7.54. The van der Waals surface area contributed by atoms with Crippen molar-refractivity contribution in [1.82, 2.24) is 5.32 Å². The van der Waals surface area contributed by atoms with E-state index >= 15 is 0 Å². The van der Waals surface area contributed by atoms with Crippen LogP contribution in [0, 0.1) is 5.92 Å². The van der Waals surface area contributed by atoms with Crippen LogP contribution in [0.25, 0.3) is 0 Å². The third-order valence-corrected chi connectivity index (χ3v) is 5.93. The molecule has 0 saturated heterocycles. The second-order valence-corrected chi connectivity index (χ2v) is 8.61. The summed E-state index contributed by atoms with van der Waals surface area (Å²) in [5.41, 5.74) is 0. The Balaban J connectivity index is 2.63. The van der Waals surface area contributed by atoms with Crippen molar-refractivity contribution in [2.45, 2.75) is 49.4 Å². The maximum Gasteiger partial charge on any atom is 0.175 e. The summed E-state index contributed by atoms with van der Waals surface area (Å²) in [7, 11) is -3.10. The molecule has 0 aliphatic carbocycles. The Hall–Kier alpha value is -0.520. The molecule has 0 amide bonds. The Morgan fingerprint density at radius 2 is 1.81 bits per heavy atom. The first kappa shape index (κ1) is 18.5. The molecule has 3 nitrogen and oxygen atoms in total. The summed E-state index contributed by atoms with van der Waals surface area (Å²) < 4.78 is 22.9. The third-order valence-electron chi connectivity index (χ3n) is 3.67. The van der Waals surface area contributed by atoms with Gasteiger partial charge in [-0.3, -0.25) is 0 Å². The number of sulfone groups is 1. The van der Waals surface area contributed by atoms with Crippen molar-refractivity contribution in [2.24, 2.45) is 5.92 Å². The molecule has 0 aliphatic rings. The number of thioether (sulfide) groups is 1. The highest BCUT2D eigenvalue weighted by atomic mass is 32.2. The van der Waals surface area contributed by atoms with Crippen LogP contribution in [0.4, 0.5) is 0 Å². The molecule has 1 aromatic rings. The minimum Gasteiger partial charge on any atom is -0.313 e. The van der Waals surface area contributed by atoms with Crippen molar-refractivity contribution in [1.29, 1.82) is 0 Å². The molecule has 0 bridgehead atoms. The highest BCUT2D eigenvalue weighted by Crippen LogP contribution is 2.23. The zero-order valence-corrected chi connectivity index (χ0v) is 15.1. The van der Waals surface area contributed by atoms with Gasteiger partial charge in [0.05, 0.1) is 4.90 Å². The molecule has 0 heterocycles. The van der Waals surface area contributed by atoms with E-state index in [9.17, 15) is 8.42 Å². The average molecular weight is 330 g/mol. The molecule has 1 aromatic carbocycles. The minimum absolute atomic E-state index is 0.384. The van der Waals surface area contributed by atoms with Crippen LogP contribution in [-0.2, 0) is 9.84 Å². The summed E-state index contributed by atoms with van der Waals surface area (Å²) in [4.78, 5) is 1.50. The van der Waals surface area contributed by atoms with Crippen LogP contribution >= 0.6 is 11.8 Å². The smallest absolute Gasteiger partial charge is 0.175 e. The van der Waals surface area contributed by atoms with E-state index in [2.05, 4.69) is 26.1 Å². The molecule has 1 rings (SSSR count). The van der Waals surface area contributed by atoms with Crippen molar-refractivity contribution >= 4 is 21.6 Å². The van der Waals surface area contributed by atoms with Gasteiger partial charge >= 0.3 is 0 Å². The highest BCUT2D eigenvalue weighted by molar-refractivity contribution is 7.99. The zero-order valence-electron chi connectivity index (χ0n) is 13.4. The topological polar surface area (TPSA) is 46.2 Å². The van der Waals surface area contributed by atoms with Crippen molar-refractivity contribution in [3.05, 3.63) is 24.3 Å². The van der Waals surface area contributed by atoms with Gasteiger partial charge in [0.1, 0.15) is 0 Å². The number of hydrogen-bond donors (Lipinski definition) is 1. The Bertz CT molecular complexity index is 512. The second kappa shape index (κ2) is 8.81. The van der Waals surface area contributed by atoms with Gasteiger partial charge in [-0.2, -0.15) is 0 Å². The predicted molar refractivity (Wildman–Crippen MR) is 91.8 cm³/mol. The normalized spacial score (nSPS) is 14.9.